The average molecular weight is 425 g/mol. The van der Waals surface area contributed by atoms with E-state index in [2.05, 4.69) is 81.4 Å². The fraction of sp³-hybridized carbons (Fsp3) is 0.500. The Balaban J connectivity index is 2.05. The van der Waals surface area contributed by atoms with Crippen LogP contribution in [0.2, 0.25) is 11.1 Å². The predicted molar refractivity (Wildman–Crippen MR) is 126 cm³/mol. The number of carbonyl (C=O) groups excluding carboxylic acids is 1. The zero-order chi connectivity index (χ0) is 22.0. The van der Waals surface area contributed by atoms with Crippen LogP contribution in [-0.4, -0.2) is 31.9 Å². The van der Waals surface area contributed by atoms with Gasteiger partial charge in [-0.15, -0.1) is 0 Å². The Kier molecular flexibility index (Phi) is 6.59. The lowest BCUT2D eigenvalue weighted by atomic mass is 9.93. The fourth-order valence-electron chi connectivity index (χ4n) is 5.42. The van der Waals surface area contributed by atoms with Crippen LogP contribution >= 0.6 is 0 Å². The molecule has 3 rings (SSSR count). The molecule has 1 unspecified atom stereocenters. The van der Waals surface area contributed by atoms with Crippen molar-refractivity contribution in [2.45, 2.75) is 64.6 Å². The molecule has 0 heterocycles. The summed E-state index contributed by atoms with van der Waals surface area (Å²) in [6, 6.07) is 22.9. The lowest BCUT2D eigenvalue weighted by Gasteiger charge is -2.45. The zero-order valence-corrected chi connectivity index (χ0v) is 20.0. The standard InChI is InChI=1S/C26H36O3Si/c1-6-29-24(28)18-26(20(2)27)17-21(26)19-30(25(3,4)5,22-13-9-7-10-14-22)23-15-11-8-12-16-23/h7-16,20-21,27H,6,17-19H2,1-5H3/t20?,21-,26+/m1/s1. The number of carbonyl (C=O) groups is 1. The molecule has 2 aromatic carbocycles. The molecule has 4 heteroatoms. The van der Waals surface area contributed by atoms with E-state index in [0.717, 1.165) is 12.5 Å². The minimum atomic E-state index is -2.22. The summed E-state index contributed by atoms with van der Waals surface area (Å²) in [4.78, 5) is 12.3. The first-order chi connectivity index (χ1) is 14.2. The van der Waals surface area contributed by atoms with Crippen molar-refractivity contribution < 1.29 is 14.6 Å². The van der Waals surface area contributed by atoms with Gasteiger partial charge >= 0.3 is 5.97 Å². The largest absolute Gasteiger partial charge is 0.466 e. The van der Waals surface area contributed by atoms with Gasteiger partial charge in [-0.05, 0) is 37.3 Å². The second kappa shape index (κ2) is 8.68. The lowest BCUT2D eigenvalue weighted by Crippen LogP contribution is -2.64. The van der Waals surface area contributed by atoms with E-state index in [1.54, 1.807) is 0 Å². The number of benzene rings is 2. The van der Waals surface area contributed by atoms with Crippen LogP contribution in [0.5, 0.6) is 0 Å². The van der Waals surface area contributed by atoms with Gasteiger partial charge in [-0.1, -0.05) is 91.8 Å². The van der Waals surface area contributed by atoms with Gasteiger partial charge in [0.1, 0.15) is 8.07 Å². The molecule has 1 N–H and O–H groups in total. The van der Waals surface area contributed by atoms with Crippen molar-refractivity contribution in [2.24, 2.45) is 11.3 Å². The summed E-state index contributed by atoms with van der Waals surface area (Å²) in [6.07, 6.45) is 0.667. The smallest absolute Gasteiger partial charge is 0.306 e. The minimum Gasteiger partial charge on any atom is -0.466 e. The van der Waals surface area contributed by atoms with Crippen LogP contribution < -0.4 is 10.4 Å². The molecule has 30 heavy (non-hydrogen) atoms. The van der Waals surface area contributed by atoms with E-state index in [1.165, 1.54) is 10.4 Å². The van der Waals surface area contributed by atoms with Gasteiger partial charge in [0.05, 0.1) is 19.1 Å². The van der Waals surface area contributed by atoms with E-state index in [-0.39, 0.29) is 16.4 Å². The molecule has 0 amide bonds. The summed E-state index contributed by atoms with van der Waals surface area (Å²) in [6.45, 7) is 11.1. The number of aliphatic hydroxyl groups is 1. The average Bonchev–Trinajstić information content (AvgIpc) is 3.40. The van der Waals surface area contributed by atoms with Crippen molar-refractivity contribution in [3.8, 4) is 0 Å². The van der Waals surface area contributed by atoms with E-state index >= 15 is 0 Å². The van der Waals surface area contributed by atoms with Crippen LogP contribution in [0.3, 0.4) is 0 Å². The topological polar surface area (TPSA) is 46.5 Å². The van der Waals surface area contributed by atoms with Crippen molar-refractivity contribution in [3.05, 3.63) is 60.7 Å². The highest BCUT2D eigenvalue weighted by atomic mass is 28.3. The Morgan fingerprint density at radius 2 is 1.60 bits per heavy atom. The van der Waals surface area contributed by atoms with Gasteiger partial charge in [-0.2, -0.15) is 0 Å². The monoisotopic (exact) mass is 424 g/mol. The minimum absolute atomic E-state index is 0.0760. The zero-order valence-electron chi connectivity index (χ0n) is 19.0. The molecule has 3 nitrogen and oxygen atoms in total. The van der Waals surface area contributed by atoms with Crippen LogP contribution in [-0.2, 0) is 9.53 Å². The summed E-state index contributed by atoms with van der Waals surface area (Å²) >= 11 is 0. The highest BCUT2D eigenvalue weighted by Gasteiger charge is 2.62. The summed E-state index contributed by atoms with van der Waals surface area (Å²) in [5.74, 6) is 0.122. The van der Waals surface area contributed by atoms with E-state index in [0.29, 0.717) is 18.9 Å². The molecule has 1 fully saturated rings. The van der Waals surface area contributed by atoms with Crippen molar-refractivity contribution in [2.75, 3.05) is 6.61 Å². The van der Waals surface area contributed by atoms with Gasteiger partial charge in [0.2, 0.25) is 0 Å². The number of esters is 1. The Bertz CT molecular complexity index is 802. The third-order valence-electron chi connectivity index (χ3n) is 7.26. The molecule has 3 atom stereocenters. The highest BCUT2D eigenvalue weighted by molar-refractivity contribution is 7.04. The molecule has 1 saturated carbocycles. The Morgan fingerprint density at radius 1 is 1.10 bits per heavy atom. The maximum absolute atomic E-state index is 12.3. The SMILES string of the molecule is CCOC(=O)C[C@]1(C(C)O)C[C@@H]1C[Si](c1ccccc1)(c1ccccc1)C(C)(C)C. The quantitative estimate of drug-likeness (QED) is 0.505. The molecule has 0 saturated heterocycles. The van der Waals surface area contributed by atoms with E-state index < -0.39 is 14.2 Å². The molecule has 0 aliphatic heterocycles. The first-order valence-corrected chi connectivity index (χ1v) is 13.3. The van der Waals surface area contributed by atoms with Crippen molar-refractivity contribution in [3.63, 3.8) is 0 Å². The van der Waals surface area contributed by atoms with Crippen LogP contribution in [0.1, 0.15) is 47.5 Å². The molecule has 162 valence electrons. The lowest BCUT2D eigenvalue weighted by molar-refractivity contribution is -0.146. The van der Waals surface area contributed by atoms with Crippen LogP contribution in [0.15, 0.2) is 60.7 Å². The Labute approximate surface area is 182 Å². The maximum Gasteiger partial charge on any atom is 0.306 e. The van der Waals surface area contributed by atoms with E-state index in [9.17, 15) is 9.90 Å². The molecular formula is C26H36O3Si. The summed E-state index contributed by atoms with van der Waals surface area (Å²) in [7, 11) is -2.22. The summed E-state index contributed by atoms with van der Waals surface area (Å²) in [5, 5.41) is 13.6. The van der Waals surface area contributed by atoms with Gasteiger partial charge in [0.15, 0.2) is 0 Å². The Morgan fingerprint density at radius 3 is 2.00 bits per heavy atom. The number of hydrogen-bond acceptors (Lipinski definition) is 3. The first-order valence-electron chi connectivity index (χ1n) is 11.1. The molecule has 0 radical (unpaired) electrons. The molecular weight excluding hydrogens is 388 g/mol. The summed E-state index contributed by atoms with van der Waals surface area (Å²) in [5.41, 5.74) is -0.362. The van der Waals surface area contributed by atoms with Crippen LogP contribution in [0.25, 0.3) is 0 Å². The first kappa shape index (κ1) is 22.8. The predicted octanol–water partition coefficient (Wildman–Crippen LogP) is 4.39. The summed E-state index contributed by atoms with van der Waals surface area (Å²) < 4.78 is 5.24. The van der Waals surface area contributed by atoms with E-state index in [4.69, 9.17) is 4.74 Å². The molecule has 0 bridgehead atoms. The van der Waals surface area contributed by atoms with Crippen LogP contribution in [0, 0.1) is 11.3 Å². The molecule has 0 spiro atoms. The third-order valence-corrected chi connectivity index (χ3v) is 13.6. The third kappa shape index (κ3) is 4.13. The normalized spacial score (nSPS) is 22.4. The second-order valence-corrected chi connectivity index (χ2v) is 14.8. The van der Waals surface area contributed by atoms with Gasteiger partial charge in [-0.25, -0.2) is 0 Å². The van der Waals surface area contributed by atoms with Gasteiger partial charge in [0.25, 0.3) is 0 Å². The fourth-order valence-corrected chi connectivity index (χ4v) is 11.4. The second-order valence-electron chi connectivity index (χ2n) is 9.88. The number of ether oxygens (including phenoxy) is 1. The van der Waals surface area contributed by atoms with Crippen molar-refractivity contribution >= 4 is 24.4 Å². The maximum atomic E-state index is 12.3. The molecule has 1 aliphatic rings. The van der Waals surface area contributed by atoms with E-state index in [1.807, 2.05) is 13.8 Å². The number of hydrogen-bond donors (Lipinski definition) is 1. The van der Waals surface area contributed by atoms with Gasteiger partial charge in [0, 0.05) is 5.41 Å². The number of aliphatic hydroxyl groups excluding tert-OH is 1. The molecule has 2 aromatic rings. The van der Waals surface area contributed by atoms with Gasteiger partial charge in [-0.3, -0.25) is 4.79 Å². The molecule has 1 aliphatic carbocycles. The van der Waals surface area contributed by atoms with Crippen molar-refractivity contribution in [1.82, 2.24) is 0 Å². The molecule has 0 aromatic heterocycles. The van der Waals surface area contributed by atoms with Crippen LogP contribution in [0.4, 0.5) is 0 Å². The van der Waals surface area contributed by atoms with Crippen molar-refractivity contribution in [1.29, 1.82) is 0 Å². The number of rotatable bonds is 8. The Hall–Kier alpha value is -1.91. The highest BCUT2D eigenvalue weighted by Crippen LogP contribution is 2.62. The van der Waals surface area contributed by atoms with Gasteiger partial charge < -0.3 is 9.84 Å².